The van der Waals surface area contributed by atoms with E-state index in [2.05, 4.69) is 15.1 Å². The van der Waals surface area contributed by atoms with Crippen molar-refractivity contribution in [3.63, 3.8) is 0 Å². The summed E-state index contributed by atoms with van der Waals surface area (Å²) in [6, 6.07) is 9.84. The summed E-state index contributed by atoms with van der Waals surface area (Å²) in [4.78, 5) is 22.3. The number of aliphatic carboxylic acids is 1. The van der Waals surface area contributed by atoms with Gasteiger partial charge in [-0.3, -0.25) is 4.79 Å². The van der Waals surface area contributed by atoms with Crippen molar-refractivity contribution in [3.05, 3.63) is 48.4 Å². The molecule has 0 amide bonds. The molecule has 0 fully saturated rings. The minimum Gasteiger partial charge on any atom is -0.481 e. The van der Waals surface area contributed by atoms with Crippen molar-refractivity contribution >= 4 is 23.3 Å². The molecule has 3 aromatic rings. The summed E-state index contributed by atoms with van der Waals surface area (Å²) in [5.41, 5.74) is 2.05. The maximum atomic E-state index is 11.7. The van der Waals surface area contributed by atoms with Gasteiger partial charge in [-0.15, -0.1) is 0 Å². The molecule has 2 aromatic heterocycles. The van der Waals surface area contributed by atoms with Gasteiger partial charge in [0.1, 0.15) is 6.33 Å². The Bertz CT molecular complexity index is 915. The molecule has 0 bridgehead atoms. The van der Waals surface area contributed by atoms with E-state index in [1.807, 2.05) is 63.1 Å². The molecule has 0 saturated carbocycles. The van der Waals surface area contributed by atoms with Crippen LogP contribution in [0.2, 0.25) is 0 Å². The van der Waals surface area contributed by atoms with Crippen molar-refractivity contribution in [1.29, 1.82) is 0 Å². The quantitative estimate of drug-likeness (QED) is 0.758. The summed E-state index contributed by atoms with van der Waals surface area (Å²) < 4.78 is 1.66. The molecule has 26 heavy (non-hydrogen) atoms. The lowest BCUT2D eigenvalue weighted by Crippen LogP contribution is -2.30. The van der Waals surface area contributed by atoms with Crippen LogP contribution in [0.15, 0.2) is 42.9 Å². The third-order valence-corrected chi connectivity index (χ3v) is 4.57. The number of aromatic nitrogens is 4. The Kier molecular flexibility index (Phi) is 4.63. The van der Waals surface area contributed by atoms with Gasteiger partial charge in [0.15, 0.2) is 5.65 Å². The first-order chi connectivity index (χ1) is 12.3. The van der Waals surface area contributed by atoms with Crippen LogP contribution in [-0.2, 0) is 11.2 Å². The molecule has 0 radical (unpaired) electrons. The number of carboxylic acid groups (broad SMARTS) is 1. The normalized spacial score (nSPS) is 12.9. The highest BCUT2D eigenvalue weighted by molar-refractivity contribution is 5.72. The first-order valence-corrected chi connectivity index (χ1v) is 8.48. The molecule has 1 unspecified atom stereocenters. The monoisotopic (exact) mass is 353 g/mol. The smallest absolute Gasteiger partial charge is 0.307 e. The predicted octanol–water partition coefficient (Wildman–Crippen LogP) is 3.18. The Labute approximate surface area is 152 Å². The summed E-state index contributed by atoms with van der Waals surface area (Å²) in [6.45, 7) is 5.79. The lowest BCUT2D eigenvalue weighted by atomic mass is 9.77. The Balaban J connectivity index is 2.00. The topological polar surface area (TPSA) is 83.6 Å². The van der Waals surface area contributed by atoms with Gasteiger partial charge in [0.25, 0.3) is 0 Å². The second kappa shape index (κ2) is 6.74. The number of para-hydroxylation sites is 1. The van der Waals surface area contributed by atoms with E-state index < -0.39 is 11.9 Å². The van der Waals surface area contributed by atoms with Crippen LogP contribution < -0.4 is 4.90 Å². The molecule has 0 saturated heterocycles. The third kappa shape index (κ3) is 3.37. The van der Waals surface area contributed by atoms with E-state index in [9.17, 15) is 9.90 Å². The largest absolute Gasteiger partial charge is 0.481 e. The van der Waals surface area contributed by atoms with Gasteiger partial charge in [-0.25, -0.2) is 9.97 Å². The average Bonchev–Trinajstić information content (AvgIpc) is 3.01. The fourth-order valence-electron chi connectivity index (χ4n) is 2.97. The number of hydrogen-bond donors (Lipinski definition) is 1. The van der Waals surface area contributed by atoms with Gasteiger partial charge in [-0.05, 0) is 24.0 Å². The number of anilines is 2. The second-order valence-corrected chi connectivity index (χ2v) is 7.43. The Hall–Kier alpha value is -2.96. The number of rotatable bonds is 5. The van der Waals surface area contributed by atoms with Gasteiger partial charge in [0.05, 0.1) is 12.1 Å². The summed E-state index contributed by atoms with van der Waals surface area (Å²) >= 11 is 0. The number of carbonyl (C=O) groups is 1. The minimum absolute atomic E-state index is 0.364. The predicted molar refractivity (Wildman–Crippen MR) is 99.6 cm³/mol. The van der Waals surface area contributed by atoms with Gasteiger partial charge in [-0.1, -0.05) is 39.0 Å². The molecule has 1 N–H and O–H groups in total. The van der Waals surface area contributed by atoms with Crippen LogP contribution in [0.25, 0.3) is 5.65 Å². The number of hydrogen-bond acceptors (Lipinski definition) is 5. The molecule has 0 aliphatic carbocycles. The fourth-order valence-corrected chi connectivity index (χ4v) is 2.97. The molecule has 0 spiro atoms. The SMILES string of the molecule is CN(c1ccccc1)c1ncnc2c(CC(C(=O)O)C(C)(C)C)cnn12. The van der Waals surface area contributed by atoms with Crippen molar-refractivity contribution in [3.8, 4) is 0 Å². The highest BCUT2D eigenvalue weighted by Gasteiger charge is 2.32. The van der Waals surface area contributed by atoms with Crippen molar-refractivity contribution in [2.24, 2.45) is 11.3 Å². The van der Waals surface area contributed by atoms with Crippen LogP contribution in [0.4, 0.5) is 11.6 Å². The third-order valence-electron chi connectivity index (χ3n) is 4.57. The standard InChI is InChI=1S/C19H23N5O2/c1-19(2,3)15(17(25)26)10-13-11-22-24-16(13)20-12-21-18(24)23(4)14-8-6-5-7-9-14/h5-9,11-12,15H,10H2,1-4H3,(H,25,26). The zero-order valence-corrected chi connectivity index (χ0v) is 15.4. The molecule has 1 atom stereocenters. The van der Waals surface area contributed by atoms with E-state index in [0.717, 1.165) is 11.3 Å². The maximum absolute atomic E-state index is 11.7. The summed E-state index contributed by atoms with van der Waals surface area (Å²) in [7, 11) is 1.91. The van der Waals surface area contributed by atoms with Crippen LogP contribution in [-0.4, -0.2) is 37.7 Å². The van der Waals surface area contributed by atoms with Gasteiger partial charge >= 0.3 is 5.97 Å². The summed E-state index contributed by atoms with van der Waals surface area (Å²) in [6.07, 6.45) is 3.55. The first kappa shape index (κ1) is 17.8. The van der Waals surface area contributed by atoms with Crippen molar-refractivity contribution in [2.45, 2.75) is 27.2 Å². The summed E-state index contributed by atoms with van der Waals surface area (Å²) in [5.74, 6) is -0.719. The molecule has 0 aliphatic rings. The lowest BCUT2D eigenvalue weighted by molar-refractivity contribution is -0.145. The molecule has 0 aliphatic heterocycles. The number of carboxylic acids is 1. The molecule has 3 rings (SSSR count). The molecule has 7 nitrogen and oxygen atoms in total. The van der Waals surface area contributed by atoms with Crippen molar-refractivity contribution in [1.82, 2.24) is 19.6 Å². The highest BCUT2D eigenvalue weighted by Crippen LogP contribution is 2.31. The van der Waals surface area contributed by atoms with E-state index in [1.165, 1.54) is 6.33 Å². The molecule has 2 heterocycles. The van der Waals surface area contributed by atoms with Crippen LogP contribution in [0.3, 0.4) is 0 Å². The van der Waals surface area contributed by atoms with E-state index in [4.69, 9.17) is 0 Å². The summed E-state index contributed by atoms with van der Waals surface area (Å²) in [5, 5.41) is 14.0. The Morgan fingerprint density at radius 1 is 1.23 bits per heavy atom. The highest BCUT2D eigenvalue weighted by atomic mass is 16.4. The average molecular weight is 353 g/mol. The first-order valence-electron chi connectivity index (χ1n) is 8.48. The van der Waals surface area contributed by atoms with E-state index in [1.54, 1.807) is 10.7 Å². The van der Waals surface area contributed by atoms with Crippen LogP contribution in [0.5, 0.6) is 0 Å². The lowest BCUT2D eigenvalue weighted by Gasteiger charge is -2.26. The number of benzene rings is 1. The van der Waals surface area contributed by atoms with E-state index in [-0.39, 0.29) is 5.41 Å². The molecular weight excluding hydrogens is 330 g/mol. The van der Waals surface area contributed by atoms with Crippen LogP contribution >= 0.6 is 0 Å². The van der Waals surface area contributed by atoms with E-state index >= 15 is 0 Å². The van der Waals surface area contributed by atoms with Crippen molar-refractivity contribution < 1.29 is 9.90 Å². The van der Waals surface area contributed by atoms with Crippen LogP contribution in [0.1, 0.15) is 26.3 Å². The number of fused-ring (bicyclic) bond motifs is 1. The molecular formula is C19H23N5O2. The van der Waals surface area contributed by atoms with Gasteiger partial charge < -0.3 is 10.0 Å². The molecule has 1 aromatic carbocycles. The van der Waals surface area contributed by atoms with Crippen LogP contribution in [0, 0.1) is 11.3 Å². The zero-order valence-electron chi connectivity index (χ0n) is 15.4. The second-order valence-electron chi connectivity index (χ2n) is 7.43. The number of nitrogens with zero attached hydrogens (tertiary/aromatic N) is 5. The maximum Gasteiger partial charge on any atom is 0.307 e. The Morgan fingerprint density at radius 2 is 1.92 bits per heavy atom. The zero-order chi connectivity index (χ0) is 18.9. The molecule has 7 heteroatoms. The minimum atomic E-state index is -0.812. The van der Waals surface area contributed by atoms with Gasteiger partial charge in [-0.2, -0.15) is 9.61 Å². The van der Waals surface area contributed by atoms with Crippen molar-refractivity contribution in [2.75, 3.05) is 11.9 Å². The van der Waals surface area contributed by atoms with Gasteiger partial charge in [0, 0.05) is 18.3 Å². The Morgan fingerprint density at radius 3 is 2.54 bits per heavy atom. The fraction of sp³-hybridized carbons (Fsp3) is 0.368. The van der Waals surface area contributed by atoms with Gasteiger partial charge in [0.2, 0.25) is 5.95 Å². The molecule has 136 valence electrons. The van der Waals surface area contributed by atoms with E-state index in [0.29, 0.717) is 18.0 Å².